The Morgan fingerprint density at radius 2 is 1.74 bits per heavy atom. The molecule has 0 atom stereocenters. The Balaban J connectivity index is 1.45. The van der Waals surface area contributed by atoms with Crippen molar-refractivity contribution >= 4 is 11.8 Å². The van der Waals surface area contributed by atoms with E-state index >= 15 is 0 Å². The number of carbonyl (C=O) groups excluding carboxylic acids is 2. The lowest BCUT2D eigenvalue weighted by Gasteiger charge is -2.31. The summed E-state index contributed by atoms with van der Waals surface area (Å²) >= 11 is 0. The molecular weight excluding hydrogens is 343 g/mol. The maximum absolute atomic E-state index is 13.6. The van der Waals surface area contributed by atoms with E-state index in [1.165, 1.54) is 11.6 Å². The van der Waals surface area contributed by atoms with E-state index in [1.807, 2.05) is 36.1 Å². The van der Waals surface area contributed by atoms with Crippen LogP contribution in [0.3, 0.4) is 0 Å². The molecule has 0 saturated carbocycles. The summed E-state index contributed by atoms with van der Waals surface area (Å²) in [7, 11) is 0. The van der Waals surface area contributed by atoms with E-state index in [-0.39, 0.29) is 30.1 Å². The zero-order valence-corrected chi connectivity index (χ0v) is 15.6. The number of halogens is 1. The Morgan fingerprint density at radius 3 is 2.41 bits per heavy atom. The summed E-state index contributed by atoms with van der Waals surface area (Å²) < 4.78 is 13.6. The van der Waals surface area contributed by atoms with Gasteiger partial charge in [0.05, 0.1) is 6.42 Å². The maximum Gasteiger partial charge on any atom is 0.226 e. The first-order chi connectivity index (χ1) is 13.0. The van der Waals surface area contributed by atoms with Crippen LogP contribution in [0.4, 0.5) is 4.39 Å². The molecule has 1 aliphatic heterocycles. The van der Waals surface area contributed by atoms with E-state index in [1.54, 1.807) is 18.2 Å². The first kappa shape index (κ1) is 19.1. The molecular formula is C22H25FN2O2. The molecule has 1 N–H and O–H groups in total. The predicted molar refractivity (Wildman–Crippen MR) is 102 cm³/mol. The Bertz CT molecular complexity index is 796. The van der Waals surface area contributed by atoms with Crippen LogP contribution in [0.2, 0.25) is 0 Å². The zero-order valence-electron chi connectivity index (χ0n) is 15.6. The lowest BCUT2D eigenvalue weighted by molar-refractivity contribution is -0.135. The molecule has 0 spiro atoms. The van der Waals surface area contributed by atoms with Gasteiger partial charge in [-0.1, -0.05) is 48.0 Å². The zero-order chi connectivity index (χ0) is 19.2. The summed E-state index contributed by atoms with van der Waals surface area (Å²) in [6, 6.07) is 14.4. The summed E-state index contributed by atoms with van der Waals surface area (Å²) in [5.74, 6) is -0.400. The highest BCUT2D eigenvalue weighted by atomic mass is 19.1. The first-order valence-corrected chi connectivity index (χ1v) is 9.37. The summed E-state index contributed by atoms with van der Waals surface area (Å²) in [5.41, 5.74) is 2.67. The van der Waals surface area contributed by atoms with Crippen LogP contribution in [0.15, 0.2) is 48.5 Å². The van der Waals surface area contributed by atoms with Crippen LogP contribution in [-0.2, 0) is 22.6 Å². The van der Waals surface area contributed by atoms with Crippen molar-refractivity contribution in [1.82, 2.24) is 10.2 Å². The fraction of sp³-hybridized carbons (Fsp3) is 0.364. The van der Waals surface area contributed by atoms with Crippen LogP contribution < -0.4 is 5.32 Å². The second-order valence-electron chi connectivity index (χ2n) is 7.13. The van der Waals surface area contributed by atoms with E-state index < -0.39 is 0 Å². The van der Waals surface area contributed by atoms with Crippen molar-refractivity contribution in [3.8, 4) is 0 Å². The molecule has 0 aromatic heterocycles. The molecule has 142 valence electrons. The van der Waals surface area contributed by atoms with Gasteiger partial charge in [0, 0.05) is 31.1 Å². The van der Waals surface area contributed by atoms with E-state index in [9.17, 15) is 14.0 Å². The second-order valence-corrected chi connectivity index (χ2v) is 7.13. The molecule has 5 heteroatoms. The fourth-order valence-electron chi connectivity index (χ4n) is 3.35. The Labute approximate surface area is 159 Å². The van der Waals surface area contributed by atoms with Crippen molar-refractivity contribution in [2.45, 2.75) is 32.7 Å². The summed E-state index contributed by atoms with van der Waals surface area (Å²) in [4.78, 5) is 26.6. The number of aryl methyl sites for hydroxylation is 1. The summed E-state index contributed by atoms with van der Waals surface area (Å²) in [6.45, 7) is 3.39. The third kappa shape index (κ3) is 5.16. The molecule has 3 rings (SSSR count). The number of rotatable bonds is 5. The number of piperidine rings is 1. The number of nitrogens with one attached hydrogen (secondary N) is 1. The number of hydrogen-bond acceptors (Lipinski definition) is 2. The molecule has 1 aliphatic rings. The monoisotopic (exact) mass is 368 g/mol. The second kappa shape index (κ2) is 8.80. The molecule has 2 aromatic rings. The molecule has 0 bridgehead atoms. The first-order valence-electron chi connectivity index (χ1n) is 9.37. The SMILES string of the molecule is Cc1ccc(CC(=O)N2CCC(C(=O)NCc3ccccc3F)CC2)cc1. The van der Waals surface area contributed by atoms with Crippen LogP contribution in [0.5, 0.6) is 0 Å². The molecule has 1 fully saturated rings. The van der Waals surface area contributed by atoms with Gasteiger partial charge in [0.25, 0.3) is 0 Å². The van der Waals surface area contributed by atoms with E-state index in [2.05, 4.69) is 5.32 Å². The third-order valence-electron chi connectivity index (χ3n) is 5.11. The van der Waals surface area contributed by atoms with Crippen LogP contribution >= 0.6 is 0 Å². The highest BCUT2D eigenvalue weighted by molar-refractivity contribution is 5.81. The number of nitrogens with zero attached hydrogens (tertiary/aromatic N) is 1. The van der Waals surface area contributed by atoms with Crippen LogP contribution in [0.25, 0.3) is 0 Å². The molecule has 1 heterocycles. The average Bonchev–Trinajstić information content (AvgIpc) is 2.69. The number of amides is 2. The van der Waals surface area contributed by atoms with Gasteiger partial charge in [0.15, 0.2) is 0 Å². The molecule has 1 saturated heterocycles. The van der Waals surface area contributed by atoms with Gasteiger partial charge >= 0.3 is 0 Å². The largest absolute Gasteiger partial charge is 0.352 e. The minimum Gasteiger partial charge on any atom is -0.352 e. The van der Waals surface area contributed by atoms with Gasteiger partial charge in [0.1, 0.15) is 5.82 Å². The highest BCUT2D eigenvalue weighted by Crippen LogP contribution is 2.19. The molecule has 4 nitrogen and oxygen atoms in total. The smallest absolute Gasteiger partial charge is 0.226 e. The minimum absolute atomic E-state index is 0.0658. The van der Waals surface area contributed by atoms with Gasteiger partial charge in [-0.15, -0.1) is 0 Å². The van der Waals surface area contributed by atoms with Gasteiger partial charge in [-0.3, -0.25) is 9.59 Å². The summed E-state index contributed by atoms with van der Waals surface area (Å²) in [6.07, 6.45) is 1.68. The van der Waals surface area contributed by atoms with E-state index in [4.69, 9.17) is 0 Å². The summed E-state index contributed by atoms with van der Waals surface area (Å²) in [5, 5.41) is 2.82. The predicted octanol–water partition coefficient (Wildman–Crippen LogP) is 3.23. The maximum atomic E-state index is 13.6. The average molecular weight is 368 g/mol. The Hall–Kier alpha value is -2.69. The molecule has 0 aliphatic carbocycles. The van der Waals surface area contributed by atoms with Gasteiger partial charge in [0.2, 0.25) is 11.8 Å². The number of hydrogen-bond donors (Lipinski definition) is 1. The molecule has 2 aromatic carbocycles. The van der Waals surface area contributed by atoms with Gasteiger partial charge < -0.3 is 10.2 Å². The Morgan fingerprint density at radius 1 is 1.07 bits per heavy atom. The van der Waals surface area contributed by atoms with Gasteiger partial charge in [-0.25, -0.2) is 4.39 Å². The molecule has 0 radical (unpaired) electrons. The molecule has 27 heavy (non-hydrogen) atoms. The lowest BCUT2D eigenvalue weighted by Crippen LogP contribution is -2.43. The van der Waals surface area contributed by atoms with Crippen molar-refractivity contribution < 1.29 is 14.0 Å². The topological polar surface area (TPSA) is 49.4 Å². The number of carbonyl (C=O) groups is 2. The molecule has 2 amide bonds. The minimum atomic E-state index is -0.311. The van der Waals surface area contributed by atoms with E-state index in [0.29, 0.717) is 37.9 Å². The standard InChI is InChI=1S/C22H25FN2O2/c1-16-6-8-17(9-7-16)14-21(26)25-12-10-18(11-13-25)22(27)24-15-19-4-2-3-5-20(19)23/h2-9,18H,10-15H2,1H3,(H,24,27). The number of benzene rings is 2. The van der Waals surface area contributed by atoms with Crippen molar-refractivity contribution in [3.63, 3.8) is 0 Å². The number of likely N-dealkylation sites (tertiary alicyclic amines) is 1. The van der Waals surface area contributed by atoms with Crippen molar-refractivity contribution in [3.05, 3.63) is 71.0 Å². The van der Waals surface area contributed by atoms with Crippen LogP contribution in [0.1, 0.15) is 29.5 Å². The molecule has 0 unspecified atom stereocenters. The van der Waals surface area contributed by atoms with E-state index in [0.717, 1.165) is 5.56 Å². The quantitative estimate of drug-likeness (QED) is 0.881. The normalized spacial score (nSPS) is 14.8. The third-order valence-corrected chi connectivity index (χ3v) is 5.11. The van der Waals surface area contributed by atoms with Crippen molar-refractivity contribution in [2.75, 3.05) is 13.1 Å². The fourth-order valence-corrected chi connectivity index (χ4v) is 3.35. The van der Waals surface area contributed by atoms with Crippen molar-refractivity contribution in [2.24, 2.45) is 5.92 Å². The van der Waals surface area contributed by atoms with Crippen LogP contribution in [0, 0.1) is 18.7 Å². The van der Waals surface area contributed by atoms with Gasteiger partial charge in [-0.2, -0.15) is 0 Å². The van der Waals surface area contributed by atoms with Gasteiger partial charge in [-0.05, 0) is 31.4 Å². The Kier molecular flexibility index (Phi) is 6.22. The lowest BCUT2D eigenvalue weighted by atomic mass is 9.95. The highest BCUT2D eigenvalue weighted by Gasteiger charge is 2.27. The van der Waals surface area contributed by atoms with Crippen LogP contribution in [-0.4, -0.2) is 29.8 Å². The van der Waals surface area contributed by atoms with Crippen molar-refractivity contribution in [1.29, 1.82) is 0 Å².